The molecule has 1 aliphatic heterocycles. The summed E-state index contributed by atoms with van der Waals surface area (Å²) in [6, 6.07) is 17.1. The minimum absolute atomic E-state index is 0.0148. The van der Waals surface area contributed by atoms with Gasteiger partial charge < -0.3 is 19.3 Å². The second kappa shape index (κ2) is 12.9. The van der Waals surface area contributed by atoms with Crippen LogP contribution in [-0.4, -0.2) is 41.6 Å². The van der Waals surface area contributed by atoms with E-state index >= 15 is 0 Å². The number of hydrogen-bond donors (Lipinski definition) is 1. The highest BCUT2D eigenvalue weighted by Gasteiger charge is 2.48. The van der Waals surface area contributed by atoms with Crippen LogP contribution in [0, 0.1) is 12.8 Å². The van der Waals surface area contributed by atoms with Crippen molar-refractivity contribution < 1.29 is 28.9 Å². The van der Waals surface area contributed by atoms with Crippen LogP contribution in [0.1, 0.15) is 56.8 Å². The highest BCUT2D eigenvalue weighted by molar-refractivity contribution is 7.22. The average molecular weight is 601 g/mol. The summed E-state index contributed by atoms with van der Waals surface area (Å²) in [7, 11) is 0. The topological polar surface area (TPSA) is 98.2 Å². The fraction of sp³-hybridized carbons (Fsp3) is 0.324. The number of ketones is 1. The molecule has 1 unspecified atom stereocenters. The Hall–Kier alpha value is -4.37. The first-order chi connectivity index (χ1) is 20.7. The number of benzene rings is 3. The Bertz CT molecular complexity index is 1670. The van der Waals surface area contributed by atoms with Crippen molar-refractivity contribution in [3.8, 4) is 17.2 Å². The van der Waals surface area contributed by atoms with Gasteiger partial charge in [-0.25, -0.2) is 4.98 Å². The van der Waals surface area contributed by atoms with E-state index in [1.165, 1.54) is 16.2 Å². The van der Waals surface area contributed by atoms with Gasteiger partial charge >= 0.3 is 5.91 Å². The Balaban J connectivity index is 1.66. The first-order valence-electron chi connectivity index (χ1n) is 14.5. The highest BCUT2D eigenvalue weighted by Crippen LogP contribution is 2.46. The monoisotopic (exact) mass is 600 g/mol. The molecule has 0 saturated carbocycles. The van der Waals surface area contributed by atoms with Gasteiger partial charge in [0.05, 0.1) is 41.7 Å². The maximum absolute atomic E-state index is 13.7. The number of carbonyl (C=O) groups is 2. The molecule has 0 aliphatic carbocycles. The third kappa shape index (κ3) is 6.22. The number of nitrogens with zero attached hydrogens (tertiary/aromatic N) is 2. The van der Waals surface area contributed by atoms with E-state index in [1.54, 1.807) is 30.3 Å². The predicted octanol–water partition coefficient (Wildman–Crippen LogP) is 7.45. The Labute approximate surface area is 255 Å². The minimum Gasteiger partial charge on any atom is -0.507 e. The lowest BCUT2D eigenvalue weighted by molar-refractivity contribution is -0.132. The zero-order valence-electron chi connectivity index (χ0n) is 25.0. The van der Waals surface area contributed by atoms with Gasteiger partial charge in [0.2, 0.25) is 0 Å². The molecular weight excluding hydrogens is 564 g/mol. The van der Waals surface area contributed by atoms with E-state index < -0.39 is 17.7 Å². The normalized spacial score (nSPS) is 16.3. The molecule has 9 heteroatoms. The highest BCUT2D eigenvalue weighted by atomic mass is 32.1. The van der Waals surface area contributed by atoms with Gasteiger partial charge in [0.15, 0.2) is 16.6 Å². The van der Waals surface area contributed by atoms with Gasteiger partial charge in [0, 0.05) is 5.56 Å². The van der Waals surface area contributed by atoms with Gasteiger partial charge in [-0.3, -0.25) is 14.5 Å². The molecule has 1 N–H and O–H groups in total. The predicted molar refractivity (Wildman–Crippen MR) is 169 cm³/mol. The van der Waals surface area contributed by atoms with Crippen molar-refractivity contribution in [2.75, 3.05) is 24.7 Å². The van der Waals surface area contributed by atoms with Gasteiger partial charge in [-0.1, -0.05) is 61.1 Å². The van der Waals surface area contributed by atoms with E-state index in [1.807, 2.05) is 51.1 Å². The molecule has 1 atom stereocenters. The molecule has 224 valence electrons. The van der Waals surface area contributed by atoms with E-state index in [-0.39, 0.29) is 11.3 Å². The van der Waals surface area contributed by atoms with Crippen LogP contribution in [0.15, 0.2) is 66.2 Å². The van der Waals surface area contributed by atoms with Crippen LogP contribution < -0.4 is 19.1 Å². The first kappa shape index (κ1) is 30.1. The Morgan fingerprint density at radius 2 is 1.70 bits per heavy atom. The largest absolute Gasteiger partial charge is 0.507 e. The number of carbonyl (C=O) groups excluding carboxylic acids is 2. The molecule has 1 amide bonds. The van der Waals surface area contributed by atoms with E-state index in [4.69, 9.17) is 19.2 Å². The van der Waals surface area contributed by atoms with E-state index in [0.717, 1.165) is 16.7 Å². The molecule has 0 radical (unpaired) electrons. The van der Waals surface area contributed by atoms with Crippen LogP contribution in [0.4, 0.5) is 5.13 Å². The molecule has 1 fully saturated rings. The Morgan fingerprint density at radius 1 is 0.953 bits per heavy atom. The number of anilines is 1. The summed E-state index contributed by atoms with van der Waals surface area (Å²) in [5, 5.41) is 11.9. The van der Waals surface area contributed by atoms with Crippen molar-refractivity contribution in [3.63, 3.8) is 0 Å². The second-order valence-corrected chi connectivity index (χ2v) is 11.8. The first-order valence-corrected chi connectivity index (χ1v) is 15.3. The number of ether oxygens (including phenoxy) is 3. The number of Topliss-reactive ketones (excluding diaryl/α,β-unsaturated/α-hetero) is 1. The van der Waals surface area contributed by atoms with Gasteiger partial charge in [-0.05, 0) is 69.0 Å². The van der Waals surface area contributed by atoms with Crippen LogP contribution in [0.5, 0.6) is 17.2 Å². The lowest BCUT2D eigenvalue weighted by Gasteiger charge is -2.24. The molecule has 3 aromatic carbocycles. The number of thiazole rings is 1. The van der Waals surface area contributed by atoms with Gasteiger partial charge in [0.1, 0.15) is 11.5 Å². The molecule has 5 rings (SSSR count). The molecule has 4 aromatic rings. The molecule has 1 saturated heterocycles. The summed E-state index contributed by atoms with van der Waals surface area (Å²) < 4.78 is 18.4. The van der Waals surface area contributed by atoms with Crippen molar-refractivity contribution in [2.45, 2.75) is 47.1 Å². The summed E-state index contributed by atoms with van der Waals surface area (Å²) in [5.74, 6) is 0.444. The SMILES string of the molecule is CCOc1ccc2nc(N3C(=O)C(=O)/C(=C(/O)c4ccc(C)cc4)C3c3ccc(OCCC(C)C)c(OCC)c3)sc2c1. The number of hydrogen-bond acceptors (Lipinski definition) is 8. The van der Waals surface area contributed by atoms with E-state index in [2.05, 4.69) is 13.8 Å². The molecule has 2 heterocycles. The molecule has 43 heavy (non-hydrogen) atoms. The number of aryl methyl sites for hydroxylation is 1. The molecule has 1 aliphatic rings. The third-order valence-corrected chi connectivity index (χ3v) is 8.19. The number of fused-ring (bicyclic) bond motifs is 1. The number of aromatic nitrogens is 1. The fourth-order valence-electron chi connectivity index (χ4n) is 4.95. The van der Waals surface area contributed by atoms with Gasteiger partial charge in [-0.2, -0.15) is 0 Å². The number of aliphatic hydroxyl groups is 1. The molecule has 8 nitrogen and oxygen atoms in total. The summed E-state index contributed by atoms with van der Waals surface area (Å²) >= 11 is 1.28. The molecule has 0 spiro atoms. The summed E-state index contributed by atoms with van der Waals surface area (Å²) in [6.45, 7) is 11.4. The lowest BCUT2D eigenvalue weighted by Crippen LogP contribution is -2.29. The van der Waals surface area contributed by atoms with Crippen molar-refractivity contribution in [2.24, 2.45) is 5.92 Å². The minimum atomic E-state index is -0.947. The zero-order valence-corrected chi connectivity index (χ0v) is 25.9. The van der Waals surface area contributed by atoms with Crippen LogP contribution in [0.3, 0.4) is 0 Å². The van der Waals surface area contributed by atoms with Crippen molar-refractivity contribution in [1.29, 1.82) is 0 Å². The lowest BCUT2D eigenvalue weighted by atomic mass is 9.95. The average Bonchev–Trinajstić information content (AvgIpc) is 3.51. The Kier molecular flexibility index (Phi) is 9.01. The van der Waals surface area contributed by atoms with E-state index in [9.17, 15) is 14.7 Å². The van der Waals surface area contributed by atoms with Gasteiger partial charge in [0.25, 0.3) is 5.78 Å². The summed E-state index contributed by atoms with van der Waals surface area (Å²) in [6.07, 6.45) is 0.882. The number of amides is 1. The van der Waals surface area contributed by atoms with Crippen molar-refractivity contribution in [1.82, 2.24) is 4.98 Å². The molecule has 0 bridgehead atoms. The third-order valence-electron chi connectivity index (χ3n) is 7.17. The maximum Gasteiger partial charge on any atom is 0.301 e. The summed E-state index contributed by atoms with van der Waals surface area (Å²) in [5.41, 5.74) is 2.69. The quantitative estimate of drug-likeness (QED) is 0.108. The number of rotatable bonds is 11. The van der Waals surface area contributed by atoms with Crippen LogP contribution in [0.2, 0.25) is 0 Å². The second-order valence-electron chi connectivity index (χ2n) is 10.8. The Morgan fingerprint density at radius 3 is 2.40 bits per heavy atom. The maximum atomic E-state index is 13.7. The summed E-state index contributed by atoms with van der Waals surface area (Å²) in [4.78, 5) is 33.5. The van der Waals surface area contributed by atoms with Gasteiger partial charge in [-0.15, -0.1) is 0 Å². The fourth-order valence-corrected chi connectivity index (χ4v) is 5.97. The molecular formula is C34H36N2O6S. The zero-order chi connectivity index (χ0) is 30.7. The number of aliphatic hydroxyl groups excluding tert-OH is 1. The van der Waals surface area contributed by atoms with Crippen LogP contribution in [-0.2, 0) is 9.59 Å². The standard InChI is InChI=1S/C34H36N2O6S/c1-6-40-24-13-14-25-28(19-24)43-34(35-25)36-30(23-12-15-26(27(18-23)41-7-2)42-17-16-20(3)4)29(32(38)33(36)39)31(37)22-10-8-21(5)9-11-22/h8-15,18-20,30,37H,6-7,16-17H2,1-5H3/b31-29+. The molecule has 1 aromatic heterocycles. The van der Waals surface area contributed by atoms with E-state index in [0.29, 0.717) is 64.8 Å². The van der Waals surface area contributed by atoms with Crippen LogP contribution >= 0.6 is 11.3 Å². The van der Waals surface area contributed by atoms with Crippen molar-refractivity contribution in [3.05, 3.63) is 82.9 Å². The van der Waals surface area contributed by atoms with Crippen LogP contribution in [0.25, 0.3) is 16.0 Å². The smallest absolute Gasteiger partial charge is 0.301 e. The van der Waals surface area contributed by atoms with Crippen molar-refractivity contribution >= 4 is 44.1 Å².